The average molecular weight is 269 g/mol. The standard InChI is InChI=1S/C13H17ClN2O2/c1-3-4-8-15-12(17)13(18)16-11-7-5-6-10(14)9(11)2/h5-7H,3-4,8H2,1-2H3,(H,15,17)(H,16,18). The minimum atomic E-state index is -0.670. The highest BCUT2D eigenvalue weighted by atomic mass is 35.5. The number of benzene rings is 1. The molecule has 2 N–H and O–H groups in total. The first-order chi connectivity index (χ1) is 8.56. The number of hydrogen-bond donors (Lipinski definition) is 2. The molecule has 4 nitrogen and oxygen atoms in total. The SMILES string of the molecule is CCCCNC(=O)C(=O)Nc1cccc(Cl)c1C. The summed E-state index contributed by atoms with van der Waals surface area (Å²) in [5.74, 6) is -1.29. The lowest BCUT2D eigenvalue weighted by Crippen LogP contribution is -2.36. The third kappa shape index (κ3) is 4.04. The molecule has 18 heavy (non-hydrogen) atoms. The van der Waals surface area contributed by atoms with Crippen molar-refractivity contribution in [3.8, 4) is 0 Å². The van der Waals surface area contributed by atoms with Gasteiger partial charge in [-0.05, 0) is 31.0 Å². The van der Waals surface area contributed by atoms with Crippen LogP contribution in [0.4, 0.5) is 5.69 Å². The van der Waals surface area contributed by atoms with Crippen molar-refractivity contribution in [1.82, 2.24) is 5.32 Å². The van der Waals surface area contributed by atoms with Gasteiger partial charge in [-0.25, -0.2) is 0 Å². The quantitative estimate of drug-likeness (QED) is 0.651. The summed E-state index contributed by atoms with van der Waals surface area (Å²) < 4.78 is 0. The van der Waals surface area contributed by atoms with E-state index < -0.39 is 11.8 Å². The van der Waals surface area contributed by atoms with Crippen LogP contribution in [0.25, 0.3) is 0 Å². The summed E-state index contributed by atoms with van der Waals surface area (Å²) in [4.78, 5) is 23.1. The molecule has 0 atom stereocenters. The van der Waals surface area contributed by atoms with E-state index in [1.54, 1.807) is 25.1 Å². The fraction of sp³-hybridized carbons (Fsp3) is 0.385. The lowest BCUT2D eigenvalue weighted by Gasteiger charge is -2.09. The molecule has 0 bridgehead atoms. The first kappa shape index (κ1) is 14.5. The van der Waals surface area contributed by atoms with E-state index in [2.05, 4.69) is 10.6 Å². The van der Waals surface area contributed by atoms with Crippen molar-refractivity contribution in [3.63, 3.8) is 0 Å². The van der Waals surface area contributed by atoms with Crippen LogP contribution in [0, 0.1) is 6.92 Å². The molecule has 0 aromatic heterocycles. The molecule has 0 aliphatic heterocycles. The Balaban J connectivity index is 2.59. The van der Waals surface area contributed by atoms with E-state index >= 15 is 0 Å². The first-order valence-corrected chi connectivity index (χ1v) is 6.28. The smallest absolute Gasteiger partial charge is 0.313 e. The lowest BCUT2D eigenvalue weighted by atomic mass is 10.2. The number of anilines is 1. The van der Waals surface area contributed by atoms with Gasteiger partial charge in [0.15, 0.2) is 0 Å². The molecule has 0 fully saturated rings. The zero-order chi connectivity index (χ0) is 13.5. The predicted molar refractivity (Wildman–Crippen MR) is 72.7 cm³/mol. The number of unbranched alkanes of at least 4 members (excludes halogenated alkanes) is 1. The van der Waals surface area contributed by atoms with E-state index in [9.17, 15) is 9.59 Å². The molecule has 0 saturated carbocycles. The number of halogens is 1. The van der Waals surface area contributed by atoms with Crippen molar-refractivity contribution in [2.45, 2.75) is 26.7 Å². The zero-order valence-electron chi connectivity index (χ0n) is 10.5. The van der Waals surface area contributed by atoms with Crippen molar-refractivity contribution >= 4 is 29.1 Å². The molecular weight excluding hydrogens is 252 g/mol. The lowest BCUT2D eigenvalue weighted by molar-refractivity contribution is -0.136. The van der Waals surface area contributed by atoms with E-state index in [0.717, 1.165) is 18.4 Å². The van der Waals surface area contributed by atoms with Crippen LogP contribution < -0.4 is 10.6 Å². The molecule has 1 aromatic carbocycles. The Morgan fingerprint density at radius 3 is 2.67 bits per heavy atom. The van der Waals surface area contributed by atoms with Crippen molar-refractivity contribution < 1.29 is 9.59 Å². The molecule has 0 aliphatic carbocycles. The summed E-state index contributed by atoms with van der Waals surface area (Å²) in [6.07, 6.45) is 1.82. The molecule has 1 rings (SSSR count). The van der Waals surface area contributed by atoms with Crippen molar-refractivity contribution in [1.29, 1.82) is 0 Å². The van der Waals surface area contributed by atoms with Gasteiger partial charge < -0.3 is 10.6 Å². The second kappa shape index (κ2) is 7.01. The Kier molecular flexibility index (Phi) is 5.65. The van der Waals surface area contributed by atoms with Gasteiger partial charge in [0.05, 0.1) is 0 Å². The van der Waals surface area contributed by atoms with Gasteiger partial charge in [0.25, 0.3) is 0 Å². The number of rotatable bonds is 4. The molecule has 2 amide bonds. The minimum Gasteiger partial charge on any atom is -0.348 e. The summed E-state index contributed by atoms with van der Waals surface area (Å²) >= 11 is 5.93. The fourth-order valence-corrected chi connectivity index (χ4v) is 1.56. The van der Waals surface area contributed by atoms with E-state index in [0.29, 0.717) is 17.3 Å². The van der Waals surface area contributed by atoms with Crippen LogP contribution in [0.2, 0.25) is 5.02 Å². The first-order valence-electron chi connectivity index (χ1n) is 5.90. The second-order valence-electron chi connectivity index (χ2n) is 3.98. The van der Waals surface area contributed by atoms with Crippen LogP contribution in [0.3, 0.4) is 0 Å². The molecule has 0 unspecified atom stereocenters. The van der Waals surface area contributed by atoms with E-state index in [1.165, 1.54) is 0 Å². The van der Waals surface area contributed by atoms with Crippen LogP contribution in [-0.2, 0) is 9.59 Å². The van der Waals surface area contributed by atoms with Crippen molar-refractivity contribution in [3.05, 3.63) is 28.8 Å². The highest BCUT2D eigenvalue weighted by molar-refractivity contribution is 6.40. The molecule has 0 heterocycles. The van der Waals surface area contributed by atoms with Gasteiger partial charge in [-0.15, -0.1) is 0 Å². The maximum absolute atomic E-state index is 11.6. The topological polar surface area (TPSA) is 58.2 Å². The third-order valence-electron chi connectivity index (χ3n) is 2.54. The van der Waals surface area contributed by atoms with Gasteiger partial charge in [0.2, 0.25) is 0 Å². The maximum atomic E-state index is 11.6. The highest BCUT2D eigenvalue weighted by Gasteiger charge is 2.14. The number of amides is 2. The molecular formula is C13H17ClN2O2. The molecule has 0 spiro atoms. The zero-order valence-corrected chi connectivity index (χ0v) is 11.3. The Bertz CT molecular complexity index is 447. The van der Waals surface area contributed by atoms with Crippen molar-refractivity contribution in [2.75, 3.05) is 11.9 Å². The molecule has 5 heteroatoms. The molecule has 0 radical (unpaired) electrons. The third-order valence-corrected chi connectivity index (χ3v) is 2.95. The Morgan fingerprint density at radius 2 is 2.00 bits per heavy atom. The van der Waals surface area contributed by atoms with E-state index in [4.69, 9.17) is 11.6 Å². The summed E-state index contributed by atoms with van der Waals surface area (Å²) in [7, 11) is 0. The van der Waals surface area contributed by atoms with Crippen LogP contribution in [-0.4, -0.2) is 18.4 Å². The number of hydrogen-bond acceptors (Lipinski definition) is 2. The monoisotopic (exact) mass is 268 g/mol. The summed E-state index contributed by atoms with van der Waals surface area (Å²) in [6, 6.07) is 5.16. The molecule has 1 aromatic rings. The number of carbonyl (C=O) groups is 2. The van der Waals surface area contributed by atoms with E-state index in [-0.39, 0.29) is 0 Å². The van der Waals surface area contributed by atoms with Crippen LogP contribution >= 0.6 is 11.6 Å². The average Bonchev–Trinajstić information content (AvgIpc) is 2.35. The summed E-state index contributed by atoms with van der Waals surface area (Å²) in [5.41, 5.74) is 1.30. The van der Waals surface area contributed by atoms with Gasteiger partial charge in [0, 0.05) is 17.3 Å². The number of nitrogens with one attached hydrogen (secondary N) is 2. The summed E-state index contributed by atoms with van der Waals surface area (Å²) in [6.45, 7) is 4.31. The molecule has 98 valence electrons. The van der Waals surface area contributed by atoms with Gasteiger partial charge in [-0.3, -0.25) is 9.59 Å². The largest absolute Gasteiger partial charge is 0.348 e. The fourth-order valence-electron chi connectivity index (χ4n) is 1.38. The van der Waals surface area contributed by atoms with Gasteiger partial charge in [0.1, 0.15) is 0 Å². The summed E-state index contributed by atoms with van der Waals surface area (Å²) in [5, 5.41) is 5.65. The molecule has 0 aliphatic rings. The number of carbonyl (C=O) groups excluding carboxylic acids is 2. The van der Waals surface area contributed by atoms with Gasteiger partial charge >= 0.3 is 11.8 Å². The van der Waals surface area contributed by atoms with Crippen LogP contribution in [0.1, 0.15) is 25.3 Å². The Labute approximate surface area is 112 Å². The Morgan fingerprint density at radius 1 is 1.28 bits per heavy atom. The Hall–Kier alpha value is -1.55. The van der Waals surface area contributed by atoms with Gasteiger partial charge in [-0.2, -0.15) is 0 Å². The normalized spacial score (nSPS) is 9.94. The van der Waals surface area contributed by atoms with Crippen LogP contribution in [0.15, 0.2) is 18.2 Å². The second-order valence-corrected chi connectivity index (χ2v) is 4.38. The van der Waals surface area contributed by atoms with Gasteiger partial charge in [-0.1, -0.05) is 31.0 Å². The minimum absolute atomic E-state index is 0.511. The van der Waals surface area contributed by atoms with E-state index in [1.807, 2.05) is 6.92 Å². The highest BCUT2D eigenvalue weighted by Crippen LogP contribution is 2.22. The predicted octanol–water partition coefficient (Wildman–Crippen LogP) is 2.50. The van der Waals surface area contributed by atoms with Crippen LogP contribution in [0.5, 0.6) is 0 Å². The molecule has 0 saturated heterocycles. The maximum Gasteiger partial charge on any atom is 0.313 e. The van der Waals surface area contributed by atoms with Crippen molar-refractivity contribution in [2.24, 2.45) is 0 Å².